The van der Waals surface area contributed by atoms with Crippen molar-refractivity contribution in [3.8, 4) is 5.75 Å². The van der Waals surface area contributed by atoms with Crippen molar-refractivity contribution in [2.24, 2.45) is 16.6 Å². The lowest BCUT2D eigenvalue weighted by atomic mass is 9.68. The van der Waals surface area contributed by atoms with E-state index in [9.17, 15) is 4.79 Å². The van der Waals surface area contributed by atoms with E-state index in [0.29, 0.717) is 12.3 Å². The highest BCUT2D eigenvalue weighted by atomic mass is 79.9. The molecule has 2 heterocycles. The zero-order valence-corrected chi connectivity index (χ0v) is 15.6. The number of nitrogens with zero attached hydrogens (tertiary/aromatic N) is 2. The first-order valence-corrected chi connectivity index (χ1v) is 9.27. The Bertz CT molecular complexity index is 750. The maximum Gasteiger partial charge on any atom is 0.261 e. The molecular weight excluding hydrogens is 370 g/mol. The van der Waals surface area contributed by atoms with Crippen LogP contribution in [0.1, 0.15) is 44.6 Å². The van der Waals surface area contributed by atoms with Crippen molar-refractivity contribution >= 4 is 27.8 Å². The van der Waals surface area contributed by atoms with Gasteiger partial charge in [-0.1, -0.05) is 29.3 Å². The first kappa shape index (κ1) is 15.9. The minimum atomic E-state index is -0.951. The molecule has 6 heteroatoms. The van der Waals surface area contributed by atoms with E-state index in [1.54, 1.807) is 7.05 Å². The van der Waals surface area contributed by atoms with Crippen LogP contribution in [0.2, 0.25) is 0 Å². The fourth-order valence-electron chi connectivity index (χ4n) is 4.60. The minimum Gasteiger partial charge on any atom is -0.487 e. The van der Waals surface area contributed by atoms with Crippen molar-refractivity contribution in [3.63, 3.8) is 0 Å². The lowest BCUT2D eigenvalue weighted by Crippen LogP contribution is -2.53. The molecule has 24 heavy (non-hydrogen) atoms. The molecule has 128 valence electrons. The highest BCUT2D eigenvalue weighted by molar-refractivity contribution is 9.10. The molecule has 1 saturated carbocycles. The first-order chi connectivity index (χ1) is 11.4. The van der Waals surface area contributed by atoms with E-state index in [4.69, 9.17) is 10.5 Å². The molecule has 2 N–H and O–H groups in total. The van der Waals surface area contributed by atoms with Gasteiger partial charge in [0.1, 0.15) is 11.4 Å². The second-order valence-electron chi connectivity index (χ2n) is 7.50. The lowest BCUT2D eigenvalue weighted by molar-refractivity contribution is -0.135. The number of ether oxygens (including phenoxy) is 1. The molecule has 1 aromatic carbocycles. The zero-order valence-electron chi connectivity index (χ0n) is 14.0. The van der Waals surface area contributed by atoms with E-state index in [2.05, 4.69) is 27.8 Å². The molecule has 0 aromatic heterocycles. The number of guanidine groups is 1. The van der Waals surface area contributed by atoms with Gasteiger partial charge < -0.3 is 10.5 Å². The third-order valence-corrected chi connectivity index (χ3v) is 6.14. The van der Waals surface area contributed by atoms with Gasteiger partial charge in [0.2, 0.25) is 0 Å². The van der Waals surface area contributed by atoms with E-state index in [1.165, 1.54) is 11.3 Å². The Hall–Kier alpha value is -1.56. The van der Waals surface area contributed by atoms with E-state index in [1.807, 2.05) is 18.2 Å². The molecule has 3 unspecified atom stereocenters. The molecule has 2 aliphatic heterocycles. The second kappa shape index (κ2) is 5.22. The van der Waals surface area contributed by atoms with Crippen LogP contribution in [0.3, 0.4) is 0 Å². The van der Waals surface area contributed by atoms with Crippen LogP contribution in [0.15, 0.2) is 27.7 Å². The molecule has 0 saturated heterocycles. The number of benzene rings is 1. The SMILES string of the molecule is CC1CCCC2(C1)CC1(N=C(N)N(C)C1=O)c1cc(Br)ccc1O2. The normalized spacial score (nSPS) is 35.1. The minimum absolute atomic E-state index is 0.0553. The molecule has 0 bridgehead atoms. The predicted molar refractivity (Wildman–Crippen MR) is 95.8 cm³/mol. The second-order valence-corrected chi connectivity index (χ2v) is 8.41. The molecule has 2 spiro atoms. The summed E-state index contributed by atoms with van der Waals surface area (Å²) < 4.78 is 7.40. The van der Waals surface area contributed by atoms with Gasteiger partial charge in [0.15, 0.2) is 11.5 Å². The first-order valence-electron chi connectivity index (χ1n) is 8.48. The Balaban J connectivity index is 1.89. The summed E-state index contributed by atoms with van der Waals surface area (Å²) in [5.74, 6) is 1.58. The van der Waals surface area contributed by atoms with Gasteiger partial charge in [0, 0.05) is 23.5 Å². The average molecular weight is 392 g/mol. The topological polar surface area (TPSA) is 67.9 Å². The molecule has 4 rings (SSSR count). The third-order valence-electron chi connectivity index (χ3n) is 5.65. The van der Waals surface area contributed by atoms with Crippen molar-refractivity contribution in [2.45, 2.75) is 50.2 Å². The van der Waals surface area contributed by atoms with Crippen LogP contribution < -0.4 is 10.5 Å². The van der Waals surface area contributed by atoms with Gasteiger partial charge in [0.05, 0.1) is 0 Å². The van der Waals surface area contributed by atoms with Gasteiger partial charge in [-0.05, 0) is 43.4 Å². The summed E-state index contributed by atoms with van der Waals surface area (Å²) in [5, 5.41) is 0. The molecule has 3 atom stereocenters. The van der Waals surface area contributed by atoms with Crippen molar-refractivity contribution in [1.82, 2.24) is 4.90 Å². The summed E-state index contributed by atoms with van der Waals surface area (Å²) in [6.07, 6.45) is 4.81. The van der Waals surface area contributed by atoms with E-state index < -0.39 is 5.54 Å². The Morgan fingerprint density at radius 2 is 2.25 bits per heavy atom. The largest absolute Gasteiger partial charge is 0.487 e. The van der Waals surface area contributed by atoms with Crippen LogP contribution in [0.25, 0.3) is 0 Å². The molecular formula is C18H22BrN3O2. The van der Waals surface area contributed by atoms with Crippen molar-refractivity contribution in [2.75, 3.05) is 7.05 Å². The fourth-order valence-corrected chi connectivity index (χ4v) is 4.96. The number of aliphatic imine (C=N–C) groups is 1. The Morgan fingerprint density at radius 1 is 1.46 bits per heavy atom. The quantitative estimate of drug-likeness (QED) is 0.738. The molecule has 1 amide bonds. The highest BCUT2D eigenvalue weighted by Crippen LogP contribution is 2.53. The maximum absolute atomic E-state index is 13.1. The number of nitrogens with two attached hydrogens (primary N) is 1. The van der Waals surface area contributed by atoms with E-state index in [0.717, 1.165) is 35.0 Å². The number of carbonyl (C=O) groups is 1. The zero-order chi connectivity index (χ0) is 17.1. The summed E-state index contributed by atoms with van der Waals surface area (Å²) in [5.41, 5.74) is 5.55. The van der Waals surface area contributed by atoms with Crippen LogP contribution in [0.5, 0.6) is 5.75 Å². The van der Waals surface area contributed by atoms with Crippen LogP contribution in [0, 0.1) is 5.92 Å². The molecule has 1 aromatic rings. The number of rotatable bonds is 0. The molecule has 1 fully saturated rings. The van der Waals surface area contributed by atoms with E-state index in [-0.39, 0.29) is 17.5 Å². The van der Waals surface area contributed by atoms with Crippen LogP contribution in [-0.4, -0.2) is 29.4 Å². The Labute approximate surface area is 150 Å². The van der Waals surface area contributed by atoms with Crippen molar-refractivity contribution in [3.05, 3.63) is 28.2 Å². The standard InChI is InChI=1S/C18H22BrN3O2/c1-11-4-3-7-17(9-11)10-18(15(23)22(2)16(20)21-18)13-8-12(19)5-6-14(13)24-17/h5-6,8,11H,3-4,7,9-10H2,1-2H3,(H2,20,21). The smallest absolute Gasteiger partial charge is 0.261 e. The van der Waals surface area contributed by atoms with Crippen LogP contribution >= 0.6 is 15.9 Å². The molecule has 5 nitrogen and oxygen atoms in total. The molecule has 3 aliphatic rings. The van der Waals surface area contributed by atoms with Crippen molar-refractivity contribution in [1.29, 1.82) is 0 Å². The van der Waals surface area contributed by atoms with Crippen LogP contribution in [0.4, 0.5) is 0 Å². The number of amides is 1. The Morgan fingerprint density at radius 3 is 2.92 bits per heavy atom. The molecule has 0 radical (unpaired) electrons. The fraction of sp³-hybridized carbons (Fsp3) is 0.556. The highest BCUT2D eigenvalue weighted by Gasteiger charge is 2.58. The van der Waals surface area contributed by atoms with E-state index >= 15 is 0 Å². The Kier molecular flexibility index (Phi) is 3.46. The van der Waals surface area contributed by atoms with Gasteiger partial charge in [-0.2, -0.15) is 0 Å². The number of hydrogen-bond acceptors (Lipinski definition) is 4. The maximum atomic E-state index is 13.1. The summed E-state index contributed by atoms with van der Waals surface area (Å²) in [6.45, 7) is 2.26. The number of fused-ring (bicyclic) bond motifs is 2. The summed E-state index contributed by atoms with van der Waals surface area (Å²) in [7, 11) is 1.69. The number of carbonyl (C=O) groups excluding carboxylic acids is 1. The van der Waals surface area contributed by atoms with Gasteiger partial charge in [0.25, 0.3) is 5.91 Å². The van der Waals surface area contributed by atoms with Gasteiger partial charge in [-0.25, -0.2) is 4.99 Å². The molecule has 1 aliphatic carbocycles. The van der Waals surface area contributed by atoms with Crippen LogP contribution in [-0.2, 0) is 10.3 Å². The number of halogens is 1. The number of likely N-dealkylation sites (N-methyl/N-ethyl adjacent to an activating group) is 1. The lowest BCUT2D eigenvalue weighted by Gasteiger charge is -2.48. The van der Waals surface area contributed by atoms with Gasteiger partial charge in [-0.15, -0.1) is 0 Å². The monoisotopic (exact) mass is 391 g/mol. The van der Waals surface area contributed by atoms with Crippen molar-refractivity contribution < 1.29 is 9.53 Å². The average Bonchev–Trinajstić information content (AvgIpc) is 2.73. The predicted octanol–water partition coefficient (Wildman–Crippen LogP) is 3.16. The third kappa shape index (κ3) is 2.19. The number of hydrogen-bond donors (Lipinski definition) is 1. The summed E-state index contributed by atoms with van der Waals surface area (Å²) >= 11 is 3.51. The summed E-state index contributed by atoms with van der Waals surface area (Å²) in [4.78, 5) is 19.3. The van der Waals surface area contributed by atoms with Gasteiger partial charge in [-0.3, -0.25) is 9.69 Å². The summed E-state index contributed by atoms with van der Waals surface area (Å²) in [6, 6.07) is 5.84. The van der Waals surface area contributed by atoms with Gasteiger partial charge >= 0.3 is 0 Å².